The zero-order chi connectivity index (χ0) is 11.9. The molecule has 94 valence electrons. The molecule has 0 aliphatic carbocycles. The van der Waals surface area contributed by atoms with Crippen LogP contribution in [0.1, 0.15) is 25.5 Å². The quantitative estimate of drug-likeness (QED) is 0.846. The second-order valence-electron chi connectivity index (χ2n) is 4.76. The third-order valence-electron chi connectivity index (χ3n) is 3.55. The van der Waals surface area contributed by atoms with Gasteiger partial charge in [0.05, 0.1) is 0 Å². The van der Waals surface area contributed by atoms with Gasteiger partial charge in [-0.25, -0.2) is 0 Å². The van der Waals surface area contributed by atoms with Crippen LogP contribution in [0.25, 0.3) is 0 Å². The number of nitrogens with zero attached hydrogens (tertiary/aromatic N) is 1. The first kappa shape index (κ1) is 12.5. The Balaban J connectivity index is 1.67. The molecule has 0 amide bonds. The van der Waals surface area contributed by atoms with Gasteiger partial charge in [-0.05, 0) is 37.8 Å². The Morgan fingerprint density at radius 3 is 2.94 bits per heavy atom. The van der Waals surface area contributed by atoms with Crippen molar-refractivity contribution >= 4 is 0 Å². The Hall–Kier alpha value is -0.930. The summed E-state index contributed by atoms with van der Waals surface area (Å²) in [6.45, 7) is 5.15. The molecule has 2 rings (SSSR count). The van der Waals surface area contributed by atoms with Gasteiger partial charge in [0.25, 0.3) is 0 Å². The van der Waals surface area contributed by atoms with Crippen molar-refractivity contribution in [2.75, 3.05) is 19.8 Å². The molecular weight excluding hydrogens is 212 g/mol. The van der Waals surface area contributed by atoms with E-state index in [2.05, 4.69) is 23.3 Å². The number of aromatic nitrogens is 1. The van der Waals surface area contributed by atoms with Gasteiger partial charge in [-0.3, -0.25) is 4.98 Å². The lowest BCUT2D eigenvalue weighted by atomic mass is 9.93. The maximum Gasteiger partial charge on any atom is 0.0469 e. The van der Waals surface area contributed by atoms with E-state index in [1.807, 2.05) is 18.3 Å². The van der Waals surface area contributed by atoms with Crippen LogP contribution in [-0.4, -0.2) is 30.8 Å². The first-order chi connectivity index (χ1) is 8.36. The van der Waals surface area contributed by atoms with Gasteiger partial charge in [-0.1, -0.05) is 6.07 Å². The van der Waals surface area contributed by atoms with Gasteiger partial charge >= 0.3 is 0 Å². The van der Waals surface area contributed by atoms with Crippen LogP contribution in [0, 0.1) is 5.92 Å². The molecule has 0 radical (unpaired) electrons. The topological polar surface area (TPSA) is 34.2 Å². The Morgan fingerprint density at radius 2 is 2.24 bits per heavy atom. The maximum atomic E-state index is 5.39. The maximum absolute atomic E-state index is 5.39. The van der Waals surface area contributed by atoms with E-state index >= 15 is 0 Å². The minimum Gasteiger partial charge on any atom is -0.381 e. The highest BCUT2D eigenvalue weighted by molar-refractivity contribution is 5.03. The zero-order valence-electron chi connectivity index (χ0n) is 10.6. The largest absolute Gasteiger partial charge is 0.381 e. The summed E-state index contributed by atoms with van der Waals surface area (Å²) in [4.78, 5) is 4.33. The molecule has 3 nitrogen and oxygen atoms in total. The average Bonchev–Trinajstić information content (AvgIpc) is 2.41. The van der Waals surface area contributed by atoms with E-state index in [4.69, 9.17) is 4.74 Å². The molecule has 1 saturated heterocycles. The van der Waals surface area contributed by atoms with Gasteiger partial charge in [0, 0.05) is 44.1 Å². The van der Waals surface area contributed by atoms with Gasteiger partial charge in [0.1, 0.15) is 0 Å². The monoisotopic (exact) mass is 234 g/mol. The fourth-order valence-electron chi connectivity index (χ4n) is 2.36. The summed E-state index contributed by atoms with van der Waals surface area (Å²) in [6, 6.07) is 6.68. The molecule has 1 fully saturated rings. The van der Waals surface area contributed by atoms with Crippen LogP contribution < -0.4 is 5.32 Å². The normalized spacial score (nSPS) is 19.1. The van der Waals surface area contributed by atoms with E-state index < -0.39 is 0 Å². The molecule has 0 saturated carbocycles. The molecule has 1 aromatic heterocycles. The molecule has 1 N–H and O–H groups in total. The number of nitrogens with one attached hydrogen (secondary N) is 1. The number of ether oxygens (including phenoxy) is 1. The van der Waals surface area contributed by atoms with Crippen LogP contribution in [0.2, 0.25) is 0 Å². The fourth-order valence-corrected chi connectivity index (χ4v) is 2.36. The Bertz CT molecular complexity index is 309. The van der Waals surface area contributed by atoms with Crippen molar-refractivity contribution in [2.45, 2.75) is 32.2 Å². The summed E-state index contributed by atoms with van der Waals surface area (Å²) < 4.78 is 5.39. The summed E-state index contributed by atoms with van der Waals surface area (Å²) in [6.07, 6.45) is 5.25. The predicted octanol–water partition coefficient (Wildman–Crippen LogP) is 2.03. The van der Waals surface area contributed by atoms with Crippen LogP contribution in [-0.2, 0) is 11.2 Å². The smallest absolute Gasteiger partial charge is 0.0469 e. The molecule has 0 aromatic carbocycles. The highest BCUT2D eigenvalue weighted by Gasteiger charge is 2.19. The summed E-state index contributed by atoms with van der Waals surface area (Å²) in [7, 11) is 0. The van der Waals surface area contributed by atoms with Crippen LogP contribution in [0.4, 0.5) is 0 Å². The molecular formula is C14H22N2O. The van der Waals surface area contributed by atoms with E-state index in [1.54, 1.807) is 0 Å². The number of rotatable bonds is 5. The van der Waals surface area contributed by atoms with Gasteiger partial charge in [-0.2, -0.15) is 0 Å². The van der Waals surface area contributed by atoms with Crippen molar-refractivity contribution in [3.63, 3.8) is 0 Å². The number of hydrogen-bond donors (Lipinski definition) is 1. The van der Waals surface area contributed by atoms with Gasteiger partial charge in [0.2, 0.25) is 0 Å². The molecule has 1 aromatic rings. The lowest BCUT2D eigenvalue weighted by molar-refractivity contribution is 0.0561. The molecule has 2 heterocycles. The summed E-state index contributed by atoms with van der Waals surface area (Å²) in [5.74, 6) is 0.771. The SMILES string of the molecule is CC(NCCc1ccccn1)C1CCOCC1. The van der Waals surface area contributed by atoms with Crippen molar-refractivity contribution in [1.82, 2.24) is 10.3 Å². The van der Waals surface area contributed by atoms with Crippen LogP contribution in [0.15, 0.2) is 24.4 Å². The molecule has 1 aliphatic heterocycles. The second kappa shape index (κ2) is 6.72. The lowest BCUT2D eigenvalue weighted by Gasteiger charge is -2.28. The highest BCUT2D eigenvalue weighted by Crippen LogP contribution is 2.18. The van der Waals surface area contributed by atoms with Crippen molar-refractivity contribution in [2.24, 2.45) is 5.92 Å². The number of pyridine rings is 1. The third-order valence-corrected chi connectivity index (χ3v) is 3.55. The predicted molar refractivity (Wildman–Crippen MR) is 68.9 cm³/mol. The van der Waals surface area contributed by atoms with Crippen molar-refractivity contribution in [1.29, 1.82) is 0 Å². The van der Waals surface area contributed by atoms with E-state index in [0.29, 0.717) is 6.04 Å². The van der Waals surface area contributed by atoms with E-state index in [1.165, 1.54) is 18.5 Å². The molecule has 3 heteroatoms. The third kappa shape index (κ3) is 4.10. The summed E-state index contributed by atoms with van der Waals surface area (Å²) >= 11 is 0. The standard InChI is InChI=1S/C14H22N2O/c1-12(13-6-10-17-11-7-13)15-9-5-14-4-2-3-8-16-14/h2-4,8,12-13,15H,5-7,9-11H2,1H3. The lowest BCUT2D eigenvalue weighted by Crippen LogP contribution is -2.37. The average molecular weight is 234 g/mol. The Morgan fingerprint density at radius 1 is 1.41 bits per heavy atom. The Labute approximate surface area is 104 Å². The van der Waals surface area contributed by atoms with Gasteiger partial charge < -0.3 is 10.1 Å². The van der Waals surface area contributed by atoms with Crippen molar-refractivity contribution in [3.8, 4) is 0 Å². The fraction of sp³-hybridized carbons (Fsp3) is 0.643. The van der Waals surface area contributed by atoms with Crippen LogP contribution >= 0.6 is 0 Å². The minimum atomic E-state index is 0.586. The van der Waals surface area contributed by atoms with Gasteiger partial charge in [0.15, 0.2) is 0 Å². The van der Waals surface area contributed by atoms with Gasteiger partial charge in [-0.15, -0.1) is 0 Å². The molecule has 1 unspecified atom stereocenters. The van der Waals surface area contributed by atoms with Crippen LogP contribution in [0.3, 0.4) is 0 Å². The van der Waals surface area contributed by atoms with Crippen molar-refractivity contribution < 1.29 is 4.74 Å². The second-order valence-corrected chi connectivity index (χ2v) is 4.76. The van der Waals surface area contributed by atoms with E-state index in [9.17, 15) is 0 Å². The van der Waals surface area contributed by atoms with Crippen LogP contribution in [0.5, 0.6) is 0 Å². The molecule has 1 aliphatic rings. The zero-order valence-corrected chi connectivity index (χ0v) is 10.6. The molecule has 0 bridgehead atoms. The molecule has 1 atom stereocenters. The first-order valence-corrected chi connectivity index (χ1v) is 6.57. The van der Waals surface area contributed by atoms with E-state index in [-0.39, 0.29) is 0 Å². The molecule has 17 heavy (non-hydrogen) atoms. The Kier molecular flexibility index (Phi) is 4.95. The summed E-state index contributed by atoms with van der Waals surface area (Å²) in [5.41, 5.74) is 1.17. The van der Waals surface area contributed by atoms with E-state index in [0.717, 1.165) is 32.1 Å². The summed E-state index contributed by atoms with van der Waals surface area (Å²) in [5, 5.41) is 3.61. The minimum absolute atomic E-state index is 0.586. The number of hydrogen-bond acceptors (Lipinski definition) is 3. The molecule has 0 spiro atoms. The van der Waals surface area contributed by atoms with Crippen molar-refractivity contribution in [3.05, 3.63) is 30.1 Å². The highest BCUT2D eigenvalue weighted by atomic mass is 16.5. The first-order valence-electron chi connectivity index (χ1n) is 6.57.